The molecule has 0 spiro atoms. The second kappa shape index (κ2) is 7.93. The Bertz CT molecular complexity index is 507. The van der Waals surface area contributed by atoms with E-state index in [2.05, 4.69) is 22.1 Å². The number of carbonyl (C=O) groups excluding carboxylic acids is 1. The van der Waals surface area contributed by atoms with Crippen LogP contribution in [-0.2, 0) is 11.3 Å². The van der Waals surface area contributed by atoms with Crippen molar-refractivity contribution in [1.82, 2.24) is 9.88 Å². The molecule has 2 aliphatic rings. The van der Waals surface area contributed by atoms with E-state index in [1.807, 2.05) is 5.38 Å². The van der Waals surface area contributed by atoms with Gasteiger partial charge in [-0.05, 0) is 38.1 Å². The van der Waals surface area contributed by atoms with E-state index in [0.717, 1.165) is 44.1 Å². The monoisotopic (exact) mass is 366 g/mol. The van der Waals surface area contributed by atoms with Crippen LogP contribution in [0.15, 0.2) is 5.38 Å². The molecule has 2 fully saturated rings. The molecule has 1 aliphatic carbocycles. The average molecular weight is 367 g/mol. The van der Waals surface area contributed by atoms with E-state index in [1.165, 1.54) is 24.2 Å². The zero-order valence-corrected chi connectivity index (χ0v) is 15.2. The summed E-state index contributed by atoms with van der Waals surface area (Å²) in [5.74, 6) is 0.679. The van der Waals surface area contributed by atoms with Crippen molar-refractivity contribution in [3.63, 3.8) is 0 Å². The van der Waals surface area contributed by atoms with Gasteiger partial charge in [-0.25, -0.2) is 4.98 Å². The van der Waals surface area contributed by atoms with E-state index in [4.69, 9.17) is 5.73 Å². The molecule has 3 rings (SSSR count). The highest BCUT2D eigenvalue weighted by molar-refractivity contribution is 7.13. The van der Waals surface area contributed by atoms with Gasteiger partial charge in [-0.15, -0.1) is 36.2 Å². The first-order valence-corrected chi connectivity index (χ1v) is 8.20. The molecule has 126 valence electrons. The lowest BCUT2D eigenvalue weighted by atomic mass is 10.0. The summed E-state index contributed by atoms with van der Waals surface area (Å²) in [4.78, 5) is 18.8. The van der Waals surface area contributed by atoms with E-state index in [0.29, 0.717) is 5.13 Å². The predicted molar refractivity (Wildman–Crippen MR) is 95.1 cm³/mol. The van der Waals surface area contributed by atoms with Gasteiger partial charge in [0.1, 0.15) is 0 Å². The number of thiazole rings is 1. The third kappa shape index (κ3) is 4.80. The highest BCUT2D eigenvalue weighted by Gasteiger charge is 2.46. The molecule has 1 unspecified atom stereocenters. The number of anilines is 1. The Labute approximate surface area is 147 Å². The maximum Gasteiger partial charge on any atom is 0.246 e. The number of nitrogens with one attached hydrogen (secondary N) is 1. The maximum atomic E-state index is 11.9. The number of nitrogens with zero attached hydrogens (tertiary/aromatic N) is 2. The van der Waals surface area contributed by atoms with E-state index >= 15 is 0 Å². The topological polar surface area (TPSA) is 71.2 Å². The molecule has 2 heterocycles. The van der Waals surface area contributed by atoms with Crippen molar-refractivity contribution in [2.45, 2.75) is 44.7 Å². The van der Waals surface area contributed by atoms with Gasteiger partial charge in [-0.1, -0.05) is 6.92 Å². The molecule has 0 aromatic carbocycles. The molecule has 22 heavy (non-hydrogen) atoms. The number of carbonyl (C=O) groups is 1. The number of amides is 1. The molecular formula is C14H24Cl2N4OS. The van der Waals surface area contributed by atoms with Crippen molar-refractivity contribution in [1.29, 1.82) is 0 Å². The predicted octanol–water partition coefficient (Wildman–Crippen LogP) is 2.65. The fourth-order valence-electron chi connectivity index (χ4n) is 2.68. The Balaban J connectivity index is 0.00000121. The van der Waals surface area contributed by atoms with Crippen LogP contribution in [0.1, 0.15) is 38.3 Å². The standard InChI is InChI=1S/C14H22N4OS.2ClH/c1-10-3-2-6-18(7-10)8-11-9-20-13(16-11)17-12(19)14(15)4-5-14;;/h9-10H,2-8,15H2,1H3,(H,16,17,19);2*1H. The molecule has 1 aromatic rings. The van der Waals surface area contributed by atoms with Gasteiger partial charge in [0.05, 0.1) is 11.2 Å². The quantitative estimate of drug-likeness (QED) is 0.858. The largest absolute Gasteiger partial charge is 0.317 e. The summed E-state index contributed by atoms with van der Waals surface area (Å²) in [5.41, 5.74) is 6.28. The maximum absolute atomic E-state index is 11.9. The van der Waals surface area contributed by atoms with E-state index in [1.54, 1.807) is 0 Å². The molecule has 1 aliphatic heterocycles. The Morgan fingerprint density at radius 3 is 2.91 bits per heavy atom. The Kier molecular flexibility index (Phi) is 7.08. The molecular weight excluding hydrogens is 343 g/mol. The normalized spacial score (nSPS) is 23.1. The summed E-state index contributed by atoms with van der Waals surface area (Å²) in [7, 11) is 0. The zero-order chi connectivity index (χ0) is 14.2. The van der Waals surface area contributed by atoms with Gasteiger partial charge >= 0.3 is 0 Å². The summed E-state index contributed by atoms with van der Waals surface area (Å²) < 4.78 is 0. The number of halogens is 2. The number of likely N-dealkylation sites (tertiary alicyclic amines) is 1. The van der Waals surface area contributed by atoms with Crippen molar-refractivity contribution < 1.29 is 4.79 Å². The average Bonchev–Trinajstić information content (AvgIpc) is 3.01. The van der Waals surface area contributed by atoms with Gasteiger partial charge in [0.25, 0.3) is 0 Å². The number of piperidine rings is 1. The molecule has 0 radical (unpaired) electrons. The van der Waals surface area contributed by atoms with Crippen molar-refractivity contribution in [2.24, 2.45) is 11.7 Å². The first kappa shape index (κ1) is 19.6. The third-order valence-electron chi connectivity index (χ3n) is 4.14. The van der Waals surface area contributed by atoms with E-state index in [-0.39, 0.29) is 30.7 Å². The summed E-state index contributed by atoms with van der Waals surface area (Å²) in [6.07, 6.45) is 4.16. The number of hydrogen-bond donors (Lipinski definition) is 2. The van der Waals surface area contributed by atoms with Crippen molar-refractivity contribution >= 4 is 47.2 Å². The van der Waals surface area contributed by atoms with Crippen LogP contribution in [0.4, 0.5) is 5.13 Å². The Morgan fingerprint density at radius 1 is 1.55 bits per heavy atom. The fraction of sp³-hybridized carbons (Fsp3) is 0.714. The lowest BCUT2D eigenvalue weighted by molar-refractivity contribution is -0.118. The minimum atomic E-state index is -0.631. The number of aromatic nitrogens is 1. The van der Waals surface area contributed by atoms with E-state index < -0.39 is 5.54 Å². The molecule has 8 heteroatoms. The second-order valence-corrected chi connectivity index (χ2v) is 7.09. The van der Waals surface area contributed by atoms with Crippen LogP contribution in [0.3, 0.4) is 0 Å². The van der Waals surface area contributed by atoms with Crippen LogP contribution in [-0.4, -0.2) is 34.4 Å². The SMILES string of the molecule is CC1CCCN(Cc2csc(NC(=O)C3(N)CC3)n2)C1.Cl.Cl. The lowest BCUT2D eigenvalue weighted by Gasteiger charge is -2.30. The summed E-state index contributed by atoms with van der Waals surface area (Å²) >= 11 is 1.49. The van der Waals surface area contributed by atoms with Gasteiger partial charge < -0.3 is 11.1 Å². The fourth-order valence-corrected chi connectivity index (χ4v) is 3.38. The van der Waals surface area contributed by atoms with Gasteiger partial charge in [0.15, 0.2) is 5.13 Å². The minimum Gasteiger partial charge on any atom is -0.317 e. The molecule has 1 saturated carbocycles. The van der Waals surface area contributed by atoms with Crippen LogP contribution in [0.25, 0.3) is 0 Å². The van der Waals surface area contributed by atoms with Gasteiger partial charge in [-0.2, -0.15) is 0 Å². The Hall–Kier alpha value is -0.400. The summed E-state index contributed by atoms with van der Waals surface area (Å²) in [6, 6.07) is 0. The molecule has 1 amide bonds. The molecule has 0 bridgehead atoms. The highest BCUT2D eigenvalue weighted by Crippen LogP contribution is 2.33. The number of nitrogens with two attached hydrogens (primary N) is 1. The van der Waals surface area contributed by atoms with Crippen LogP contribution in [0.5, 0.6) is 0 Å². The third-order valence-corrected chi connectivity index (χ3v) is 4.95. The van der Waals surface area contributed by atoms with Crippen LogP contribution in [0.2, 0.25) is 0 Å². The van der Waals surface area contributed by atoms with Gasteiger partial charge in [-0.3, -0.25) is 9.69 Å². The first-order valence-electron chi connectivity index (χ1n) is 7.32. The molecule has 1 aromatic heterocycles. The van der Waals surface area contributed by atoms with Crippen molar-refractivity contribution in [3.8, 4) is 0 Å². The lowest BCUT2D eigenvalue weighted by Crippen LogP contribution is -2.37. The summed E-state index contributed by atoms with van der Waals surface area (Å²) in [6.45, 7) is 5.47. The molecule has 1 saturated heterocycles. The molecule has 1 atom stereocenters. The van der Waals surface area contributed by atoms with Crippen LogP contribution in [0, 0.1) is 5.92 Å². The summed E-state index contributed by atoms with van der Waals surface area (Å²) in [5, 5.41) is 5.54. The van der Waals surface area contributed by atoms with Crippen LogP contribution < -0.4 is 11.1 Å². The van der Waals surface area contributed by atoms with Crippen molar-refractivity contribution in [3.05, 3.63) is 11.1 Å². The van der Waals surface area contributed by atoms with Gasteiger partial charge in [0, 0.05) is 18.5 Å². The van der Waals surface area contributed by atoms with Crippen LogP contribution >= 0.6 is 36.2 Å². The number of hydrogen-bond acceptors (Lipinski definition) is 5. The highest BCUT2D eigenvalue weighted by atomic mass is 35.5. The van der Waals surface area contributed by atoms with Crippen molar-refractivity contribution in [2.75, 3.05) is 18.4 Å². The zero-order valence-electron chi connectivity index (χ0n) is 12.7. The first-order chi connectivity index (χ1) is 9.55. The molecule has 3 N–H and O–H groups in total. The Morgan fingerprint density at radius 2 is 2.27 bits per heavy atom. The second-order valence-electron chi connectivity index (χ2n) is 6.24. The minimum absolute atomic E-state index is 0. The van der Waals surface area contributed by atoms with E-state index in [9.17, 15) is 4.79 Å². The smallest absolute Gasteiger partial charge is 0.246 e. The number of rotatable bonds is 4. The molecule has 5 nitrogen and oxygen atoms in total. The van der Waals surface area contributed by atoms with Gasteiger partial charge in [0.2, 0.25) is 5.91 Å².